The predicted octanol–water partition coefficient (Wildman–Crippen LogP) is 1.73. The molecular weight excluding hydrogens is 282 g/mol. The number of ketones is 1. The van der Waals surface area contributed by atoms with Crippen LogP contribution in [0, 0.1) is 5.92 Å². The van der Waals surface area contributed by atoms with Gasteiger partial charge >= 0.3 is 0 Å². The fourth-order valence-corrected chi connectivity index (χ4v) is 2.28. The van der Waals surface area contributed by atoms with Gasteiger partial charge in [-0.1, -0.05) is 24.6 Å². The first-order chi connectivity index (χ1) is 9.47. The maximum Gasteiger partial charge on any atom is 0.263 e. The molecule has 0 saturated heterocycles. The highest BCUT2D eigenvalue weighted by atomic mass is 35.5. The van der Waals surface area contributed by atoms with Crippen molar-refractivity contribution in [3.8, 4) is 0 Å². The Balaban J connectivity index is 2.23. The summed E-state index contributed by atoms with van der Waals surface area (Å²) in [7, 11) is 0. The van der Waals surface area contributed by atoms with Crippen LogP contribution in [0.3, 0.4) is 0 Å². The third-order valence-electron chi connectivity index (χ3n) is 3.26. The topological polar surface area (TPSA) is 71.5 Å². The number of amides is 2. The number of hydrogen-bond donors (Lipinski definition) is 0. The Hall–Kier alpha value is -2.01. The van der Waals surface area contributed by atoms with Crippen molar-refractivity contribution < 1.29 is 19.2 Å². The Morgan fingerprint density at radius 2 is 2.05 bits per heavy atom. The molecule has 0 spiro atoms. The van der Waals surface area contributed by atoms with Crippen LogP contribution in [-0.2, 0) is 9.59 Å². The van der Waals surface area contributed by atoms with Crippen molar-refractivity contribution in [2.75, 3.05) is 6.54 Å². The molecule has 1 aliphatic rings. The zero-order chi connectivity index (χ0) is 14.9. The molecule has 0 saturated carbocycles. The molecule has 20 heavy (non-hydrogen) atoms. The second kappa shape index (κ2) is 5.54. The first kappa shape index (κ1) is 14.4. The van der Waals surface area contributed by atoms with Crippen LogP contribution in [-0.4, -0.2) is 35.3 Å². The molecule has 0 radical (unpaired) electrons. The molecule has 1 unspecified atom stereocenters. The summed E-state index contributed by atoms with van der Waals surface area (Å²) in [6, 6.07) is 4.60. The highest BCUT2D eigenvalue weighted by Gasteiger charge is 2.38. The summed E-state index contributed by atoms with van der Waals surface area (Å²) in [6.45, 7) is 1.25. The van der Waals surface area contributed by atoms with E-state index in [0.29, 0.717) is 6.29 Å². The van der Waals surface area contributed by atoms with Crippen molar-refractivity contribution in [1.29, 1.82) is 0 Å². The third kappa shape index (κ3) is 2.36. The molecule has 1 aromatic carbocycles. The fourth-order valence-electron chi connectivity index (χ4n) is 2.02. The van der Waals surface area contributed by atoms with Crippen LogP contribution in [0.15, 0.2) is 18.2 Å². The van der Waals surface area contributed by atoms with Crippen molar-refractivity contribution in [3.05, 3.63) is 34.3 Å². The van der Waals surface area contributed by atoms with Gasteiger partial charge in [0.1, 0.15) is 6.29 Å². The van der Waals surface area contributed by atoms with Crippen molar-refractivity contribution in [2.24, 2.45) is 5.92 Å². The average molecular weight is 294 g/mol. The van der Waals surface area contributed by atoms with Crippen LogP contribution < -0.4 is 0 Å². The van der Waals surface area contributed by atoms with E-state index in [-0.39, 0.29) is 34.9 Å². The molecule has 0 aromatic heterocycles. The van der Waals surface area contributed by atoms with Crippen molar-refractivity contribution >= 4 is 35.5 Å². The number of hydrogen-bond acceptors (Lipinski definition) is 4. The highest BCUT2D eigenvalue weighted by molar-refractivity contribution is 6.37. The quantitative estimate of drug-likeness (QED) is 0.612. The SMILES string of the molecule is CC(CC=O)C(=O)CN1C(=O)c2cccc(Cl)c2C1=O. The van der Waals surface area contributed by atoms with E-state index in [2.05, 4.69) is 0 Å². The van der Waals surface area contributed by atoms with E-state index in [0.717, 1.165) is 4.90 Å². The van der Waals surface area contributed by atoms with Gasteiger partial charge in [-0.3, -0.25) is 19.3 Å². The molecule has 104 valence electrons. The van der Waals surface area contributed by atoms with E-state index in [1.807, 2.05) is 0 Å². The Kier molecular flexibility index (Phi) is 3.99. The average Bonchev–Trinajstić information content (AvgIpc) is 2.65. The molecule has 0 bridgehead atoms. The lowest BCUT2D eigenvalue weighted by Crippen LogP contribution is -2.37. The van der Waals surface area contributed by atoms with Crippen LogP contribution >= 0.6 is 11.6 Å². The molecule has 0 aliphatic carbocycles. The molecule has 1 heterocycles. The summed E-state index contributed by atoms with van der Waals surface area (Å²) < 4.78 is 0. The van der Waals surface area contributed by atoms with Gasteiger partial charge in [-0.2, -0.15) is 0 Å². The van der Waals surface area contributed by atoms with Crippen LogP contribution in [0.1, 0.15) is 34.1 Å². The lowest BCUT2D eigenvalue weighted by atomic mass is 10.0. The first-order valence-corrected chi connectivity index (χ1v) is 6.46. The summed E-state index contributed by atoms with van der Waals surface area (Å²) in [5.41, 5.74) is 0.341. The highest BCUT2D eigenvalue weighted by Crippen LogP contribution is 2.29. The molecule has 1 aliphatic heterocycles. The molecule has 2 amide bonds. The Morgan fingerprint density at radius 1 is 1.35 bits per heavy atom. The minimum absolute atomic E-state index is 0.0722. The van der Waals surface area contributed by atoms with E-state index in [4.69, 9.17) is 11.6 Å². The molecule has 0 N–H and O–H groups in total. The van der Waals surface area contributed by atoms with Gasteiger partial charge in [0, 0.05) is 12.3 Å². The van der Waals surface area contributed by atoms with Gasteiger partial charge in [0.2, 0.25) is 0 Å². The number of aldehydes is 1. The number of benzene rings is 1. The van der Waals surface area contributed by atoms with Gasteiger partial charge < -0.3 is 4.79 Å². The van der Waals surface area contributed by atoms with Crippen LogP contribution in [0.25, 0.3) is 0 Å². The van der Waals surface area contributed by atoms with Crippen molar-refractivity contribution in [3.63, 3.8) is 0 Å². The number of nitrogens with zero attached hydrogens (tertiary/aromatic N) is 1. The molecule has 1 aromatic rings. The van der Waals surface area contributed by atoms with Crippen LogP contribution in [0.5, 0.6) is 0 Å². The number of imide groups is 1. The molecule has 5 nitrogen and oxygen atoms in total. The number of rotatable bonds is 5. The maximum absolute atomic E-state index is 12.1. The standard InChI is InChI=1S/C14H12ClNO4/c1-8(5-6-17)11(18)7-16-13(19)9-3-2-4-10(15)12(9)14(16)20/h2-4,6,8H,5,7H2,1H3. The minimum Gasteiger partial charge on any atom is -0.303 e. The van der Waals surface area contributed by atoms with E-state index in [1.165, 1.54) is 12.1 Å². The summed E-state index contributed by atoms with van der Waals surface area (Å²) >= 11 is 5.91. The number of carbonyl (C=O) groups is 4. The minimum atomic E-state index is -0.567. The zero-order valence-corrected chi connectivity index (χ0v) is 11.5. The van der Waals surface area contributed by atoms with E-state index >= 15 is 0 Å². The number of carbonyl (C=O) groups excluding carboxylic acids is 4. The predicted molar refractivity (Wildman–Crippen MR) is 71.7 cm³/mol. The van der Waals surface area contributed by atoms with E-state index < -0.39 is 17.7 Å². The second-order valence-corrected chi connectivity index (χ2v) is 5.04. The molecule has 0 fully saturated rings. The largest absolute Gasteiger partial charge is 0.303 e. The number of halogens is 1. The summed E-state index contributed by atoms with van der Waals surface area (Å²) in [5.74, 6) is -1.95. The Morgan fingerprint density at radius 3 is 2.65 bits per heavy atom. The summed E-state index contributed by atoms with van der Waals surface area (Å²) in [6.07, 6.45) is 0.713. The monoisotopic (exact) mass is 293 g/mol. The molecular formula is C14H12ClNO4. The fraction of sp³-hybridized carbons (Fsp3) is 0.286. The molecule has 2 rings (SSSR count). The Bertz CT molecular complexity index is 611. The van der Waals surface area contributed by atoms with Crippen molar-refractivity contribution in [1.82, 2.24) is 4.90 Å². The lowest BCUT2D eigenvalue weighted by molar-refractivity contribution is -0.124. The van der Waals surface area contributed by atoms with Gasteiger partial charge in [-0.05, 0) is 12.1 Å². The summed E-state index contributed by atoms with van der Waals surface area (Å²) in [5, 5.41) is 0.191. The summed E-state index contributed by atoms with van der Waals surface area (Å²) in [4.78, 5) is 47.4. The van der Waals surface area contributed by atoms with E-state index in [9.17, 15) is 19.2 Å². The molecule has 6 heteroatoms. The zero-order valence-electron chi connectivity index (χ0n) is 10.8. The molecule has 1 atom stereocenters. The third-order valence-corrected chi connectivity index (χ3v) is 3.58. The normalized spacial score (nSPS) is 15.2. The van der Waals surface area contributed by atoms with Crippen molar-refractivity contribution in [2.45, 2.75) is 13.3 Å². The lowest BCUT2D eigenvalue weighted by Gasteiger charge is -2.15. The van der Waals surface area contributed by atoms with Gasteiger partial charge in [0.05, 0.1) is 22.7 Å². The first-order valence-electron chi connectivity index (χ1n) is 6.08. The van der Waals surface area contributed by atoms with Gasteiger partial charge in [-0.25, -0.2) is 0 Å². The van der Waals surface area contributed by atoms with Gasteiger partial charge in [0.25, 0.3) is 11.8 Å². The maximum atomic E-state index is 12.1. The van der Waals surface area contributed by atoms with Crippen LogP contribution in [0.4, 0.5) is 0 Å². The van der Waals surface area contributed by atoms with Gasteiger partial charge in [-0.15, -0.1) is 0 Å². The Labute approximate surface area is 120 Å². The van der Waals surface area contributed by atoms with E-state index in [1.54, 1.807) is 13.0 Å². The number of Topliss-reactive ketones (excluding diaryl/α,β-unsaturated/α-hetero) is 1. The van der Waals surface area contributed by atoms with Crippen LogP contribution in [0.2, 0.25) is 5.02 Å². The second-order valence-electron chi connectivity index (χ2n) is 4.63. The number of fused-ring (bicyclic) bond motifs is 1. The van der Waals surface area contributed by atoms with Gasteiger partial charge in [0.15, 0.2) is 5.78 Å². The smallest absolute Gasteiger partial charge is 0.263 e.